The Hall–Kier alpha value is -4.48. The van der Waals surface area contributed by atoms with Crippen LogP contribution in [0.25, 0.3) is 11.4 Å². The van der Waals surface area contributed by atoms with Crippen LogP contribution in [0.2, 0.25) is 0 Å². The Labute approximate surface area is 226 Å². The third-order valence-corrected chi connectivity index (χ3v) is 6.02. The van der Waals surface area contributed by atoms with E-state index in [1.54, 1.807) is 55.7 Å². The fourth-order valence-electron chi connectivity index (χ4n) is 3.61. The molecule has 0 aromatic heterocycles. The number of methoxy groups -OCH3 is 2. The van der Waals surface area contributed by atoms with E-state index in [-0.39, 0.29) is 24.6 Å². The van der Waals surface area contributed by atoms with Gasteiger partial charge in [0, 0.05) is 23.9 Å². The first-order chi connectivity index (χ1) is 18.4. The van der Waals surface area contributed by atoms with Crippen LogP contribution in [-0.2, 0) is 36.8 Å². The van der Waals surface area contributed by atoms with Crippen LogP contribution in [0.15, 0.2) is 36.7 Å². The molecule has 2 aliphatic rings. The first-order valence-corrected chi connectivity index (χ1v) is 12.3. The lowest BCUT2D eigenvalue weighted by Gasteiger charge is -2.16. The highest BCUT2D eigenvalue weighted by atomic mass is 16.5. The second kappa shape index (κ2) is 12.4. The van der Waals surface area contributed by atoms with Gasteiger partial charge in [0.25, 0.3) is 5.91 Å². The number of nitrogens with one attached hydrogen (secondary N) is 2. The van der Waals surface area contributed by atoms with E-state index in [9.17, 15) is 24.3 Å². The highest BCUT2D eigenvalue weighted by Gasteiger charge is 2.25. The molecule has 1 aromatic carbocycles. The van der Waals surface area contributed by atoms with Crippen LogP contribution in [0, 0.1) is 5.41 Å². The normalized spacial score (nSPS) is 12.0. The SMILES string of the molecule is COC(=O)CC[C@H](NC(=O)c1ccc(CCn2cnc3nc(NC(=O)C(C)(C)C)cc-3c2O)cc1)C(=O)OC. The van der Waals surface area contributed by atoms with E-state index in [1.165, 1.54) is 20.5 Å². The van der Waals surface area contributed by atoms with Crippen molar-refractivity contribution in [1.82, 2.24) is 19.9 Å². The van der Waals surface area contributed by atoms with Crippen LogP contribution >= 0.6 is 0 Å². The quantitative estimate of drug-likeness (QED) is 0.329. The van der Waals surface area contributed by atoms with Gasteiger partial charge in [-0.05, 0) is 36.6 Å². The lowest BCUT2D eigenvalue weighted by atomic mass is 9.96. The number of anilines is 1. The predicted molar refractivity (Wildman–Crippen MR) is 141 cm³/mol. The first-order valence-electron chi connectivity index (χ1n) is 12.3. The number of aryl methyl sites for hydroxylation is 2. The van der Waals surface area contributed by atoms with E-state index in [0.29, 0.717) is 35.7 Å². The van der Waals surface area contributed by atoms with Crippen LogP contribution in [-0.4, -0.2) is 63.7 Å². The average molecular weight is 540 g/mol. The summed E-state index contributed by atoms with van der Waals surface area (Å²) in [6.45, 7) is 5.77. The Kier molecular flexibility index (Phi) is 9.23. The van der Waals surface area contributed by atoms with Gasteiger partial charge in [0.05, 0.1) is 26.1 Å². The first kappa shape index (κ1) is 29.1. The van der Waals surface area contributed by atoms with Gasteiger partial charge in [-0.2, -0.15) is 0 Å². The van der Waals surface area contributed by atoms with Gasteiger partial charge in [0.2, 0.25) is 11.8 Å². The van der Waals surface area contributed by atoms with E-state index in [0.717, 1.165) is 5.56 Å². The zero-order valence-electron chi connectivity index (χ0n) is 22.6. The maximum absolute atomic E-state index is 12.7. The van der Waals surface area contributed by atoms with Crippen LogP contribution in [0.4, 0.5) is 5.82 Å². The molecule has 2 aliphatic heterocycles. The summed E-state index contributed by atoms with van der Waals surface area (Å²) in [5, 5.41) is 16.1. The predicted octanol–water partition coefficient (Wildman–Crippen LogP) is 2.54. The number of aromatic hydroxyl groups is 1. The van der Waals surface area contributed by atoms with Gasteiger partial charge in [-0.3, -0.25) is 14.4 Å². The maximum Gasteiger partial charge on any atom is 0.328 e. The van der Waals surface area contributed by atoms with Crippen molar-refractivity contribution in [2.24, 2.45) is 5.41 Å². The molecule has 0 saturated heterocycles. The van der Waals surface area contributed by atoms with Crippen molar-refractivity contribution in [3.63, 3.8) is 0 Å². The minimum absolute atomic E-state index is 0.0273. The van der Waals surface area contributed by atoms with Crippen molar-refractivity contribution >= 4 is 29.6 Å². The summed E-state index contributed by atoms with van der Waals surface area (Å²) in [6, 6.07) is 7.37. The van der Waals surface area contributed by atoms with Gasteiger partial charge >= 0.3 is 11.9 Å². The number of carbonyl (C=O) groups is 4. The highest BCUT2D eigenvalue weighted by molar-refractivity contribution is 5.97. The Morgan fingerprint density at radius 2 is 1.77 bits per heavy atom. The molecule has 0 radical (unpaired) electrons. The van der Waals surface area contributed by atoms with E-state index >= 15 is 0 Å². The summed E-state index contributed by atoms with van der Waals surface area (Å²) in [5.41, 5.74) is 1.05. The van der Waals surface area contributed by atoms with Gasteiger partial charge in [0.15, 0.2) is 5.82 Å². The van der Waals surface area contributed by atoms with Gasteiger partial charge in [0.1, 0.15) is 11.9 Å². The van der Waals surface area contributed by atoms with Crippen molar-refractivity contribution in [2.75, 3.05) is 19.5 Å². The zero-order chi connectivity index (χ0) is 28.7. The number of aromatic nitrogens is 3. The molecule has 208 valence electrons. The molecule has 12 nitrogen and oxygen atoms in total. The summed E-state index contributed by atoms with van der Waals surface area (Å²) in [7, 11) is 2.45. The molecule has 0 unspecified atom stereocenters. The molecule has 0 aliphatic carbocycles. The smallest absolute Gasteiger partial charge is 0.328 e. The second-order valence-electron chi connectivity index (χ2n) is 9.96. The minimum Gasteiger partial charge on any atom is -0.494 e. The number of amides is 2. The molecule has 1 aromatic rings. The topological polar surface area (TPSA) is 162 Å². The molecule has 2 heterocycles. The summed E-state index contributed by atoms with van der Waals surface area (Å²) in [4.78, 5) is 56.9. The van der Waals surface area contributed by atoms with Crippen LogP contribution in [0.3, 0.4) is 0 Å². The third-order valence-electron chi connectivity index (χ3n) is 6.02. The number of fused-ring (bicyclic) bond motifs is 1. The Balaban J connectivity index is 1.63. The molecule has 0 fully saturated rings. The summed E-state index contributed by atoms with van der Waals surface area (Å²) in [5.74, 6) is -1.23. The minimum atomic E-state index is -0.990. The van der Waals surface area contributed by atoms with Gasteiger partial charge in [-0.15, -0.1) is 0 Å². The van der Waals surface area contributed by atoms with Gasteiger partial charge < -0.3 is 29.8 Å². The summed E-state index contributed by atoms with van der Waals surface area (Å²) in [6.07, 6.45) is 2.00. The van der Waals surface area contributed by atoms with Crippen LogP contribution in [0.1, 0.15) is 49.5 Å². The molecule has 2 amide bonds. The van der Waals surface area contributed by atoms with Crippen LogP contribution < -0.4 is 10.6 Å². The number of nitrogens with zero attached hydrogens (tertiary/aromatic N) is 3. The molecule has 0 spiro atoms. The fourth-order valence-corrected chi connectivity index (χ4v) is 3.61. The maximum atomic E-state index is 12.7. The largest absolute Gasteiger partial charge is 0.494 e. The van der Waals surface area contributed by atoms with E-state index in [1.807, 2.05) is 0 Å². The number of carbonyl (C=O) groups excluding carboxylic acids is 4. The number of hydrogen-bond donors (Lipinski definition) is 3. The van der Waals surface area contributed by atoms with Crippen molar-refractivity contribution in [1.29, 1.82) is 0 Å². The van der Waals surface area contributed by atoms with Crippen molar-refractivity contribution in [3.05, 3.63) is 47.8 Å². The Morgan fingerprint density at radius 3 is 2.38 bits per heavy atom. The average Bonchev–Trinajstić information content (AvgIpc) is 3.33. The Bertz CT molecular complexity index is 1310. The third kappa shape index (κ3) is 7.53. The number of ether oxygens (including phenoxy) is 2. The molecule has 39 heavy (non-hydrogen) atoms. The monoisotopic (exact) mass is 539 g/mol. The number of rotatable bonds is 10. The molecule has 1 atom stereocenters. The zero-order valence-corrected chi connectivity index (χ0v) is 22.6. The molecule has 12 heteroatoms. The second-order valence-corrected chi connectivity index (χ2v) is 9.96. The highest BCUT2D eigenvalue weighted by Crippen LogP contribution is 2.32. The molecule has 0 saturated carbocycles. The van der Waals surface area contributed by atoms with Crippen molar-refractivity contribution < 1.29 is 33.8 Å². The summed E-state index contributed by atoms with van der Waals surface area (Å²) < 4.78 is 10.9. The van der Waals surface area contributed by atoms with Crippen molar-refractivity contribution in [3.8, 4) is 17.3 Å². The number of hydrogen-bond acceptors (Lipinski definition) is 9. The number of benzene rings is 1. The van der Waals surface area contributed by atoms with Gasteiger partial charge in [-0.25, -0.2) is 14.8 Å². The molecule has 3 rings (SSSR count). The van der Waals surface area contributed by atoms with Crippen molar-refractivity contribution in [2.45, 2.75) is 52.6 Å². The fraction of sp³-hybridized carbons (Fsp3) is 0.407. The van der Waals surface area contributed by atoms with E-state index < -0.39 is 29.3 Å². The van der Waals surface area contributed by atoms with E-state index in [4.69, 9.17) is 4.74 Å². The molecule has 0 bridgehead atoms. The molecule has 3 N–H and O–H groups in total. The molecular weight excluding hydrogens is 506 g/mol. The molecular formula is C27H33N5O7. The summed E-state index contributed by atoms with van der Waals surface area (Å²) >= 11 is 0. The lowest BCUT2D eigenvalue weighted by molar-refractivity contribution is -0.144. The Morgan fingerprint density at radius 1 is 1.08 bits per heavy atom. The van der Waals surface area contributed by atoms with Gasteiger partial charge in [-0.1, -0.05) is 32.9 Å². The standard InChI is InChI=1S/C27H33N5O7/c1-27(2,3)26(37)31-20-14-18-22(30-20)28-15-32(24(18)35)13-12-16-6-8-17(9-7-16)23(34)29-19(25(36)39-5)10-11-21(33)38-4/h6-9,14-15,19,35H,10-13H2,1-5H3,(H,29,34)(H,31,37)/t19-/m0/s1. The van der Waals surface area contributed by atoms with E-state index in [2.05, 4.69) is 25.3 Å². The number of esters is 2. The van der Waals surface area contributed by atoms with Crippen LogP contribution in [0.5, 0.6) is 5.88 Å². The lowest BCUT2D eigenvalue weighted by Crippen LogP contribution is -2.41.